The molecule has 0 unspecified atom stereocenters. The molecule has 0 radical (unpaired) electrons. The first-order valence-corrected chi connectivity index (χ1v) is 16.4. The molecule has 3 rings (SSSR count). The highest BCUT2D eigenvalue weighted by molar-refractivity contribution is 6.33. The van der Waals surface area contributed by atoms with Crippen LogP contribution in [0.3, 0.4) is 0 Å². The van der Waals surface area contributed by atoms with Crippen molar-refractivity contribution < 1.29 is 29.0 Å². The summed E-state index contributed by atoms with van der Waals surface area (Å²) < 4.78 is 11.1. The molecule has 0 saturated carbocycles. The van der Waals surface area contributed by atoms with Crippen LogP contribution in [-0.2, 0) is 14.3 Å². The Balaban J connectivity index is 1.30. The van der Waals surface area contributed by atoms with Crippen molar-refractivity contribution in [2.24, 2.45) is 0 Å². The molecule has 4 N–H and O–H groups in total. The lowest BCUT2D eigenvalue weighted by atomic mass is 10.00. The number of nitrogens with two attached hydrogens (primary N) is 1. The number of likely N-dealkylation sites (tertiary alicyclic amines) is 2. The Hall–Kier alpha value is -2.60. The van der Waals surface area contributed by atoms with Gasteiger partial charge in [0.25, 0.3) is 5.91 Å². The Labute approximate surface area is 267 Å². The predicted molar refractivity (Wildman–Crippen MR) is 172 cm³/mol. The number of amides is 2. The average Bonchev–Trinajstić information content (AvgIpc) is 3.01. The predicted octanol–water partition coefficient (Wildman–Crippen LogP) is 3.88. The largest absolute Gasteiger partial charge is 0.496 e. The third kappa shape index (κ3) is 11.1. The number of rotatable bonds is 17. The Kier molecular flexibility index (Phi) is 15.0. The van der Waals surface area contributed by atoms with Crippen LogP contribution >= 0.6 is 11.6 Å². The Morgan fingerprint density at radius 1 is 0.977 bits per heavy atom. The van der Waals surface area contributed by atoms with Crippen LogP contribution < -0.4 is 15.8 Å². The van der Waals surface area contributed by atoms with E-state index >= 15 is 0 Å². The van der Waals surface area contributed by atoms with Crippen molar-refractivity contribution in [3.8, 4) is 5.75 Å². The first kappa shape index (κ1) is 35.9. The van der Waals surface area contributed by atoms with Gasteiger partial charge in [0.05, 0.1) is 35.5 Å². The number of piperidine rings is 2. The van der Waals surface area contributed by atoms with E-state index in [0.717, 1.165) is 97.1 Å². The number of halogens is 1. The van der Waals surface area contributed by atoms with Crippen LogP contribution in [0.4, 0.5) is 5.69 Å². The second kappa shape index (κ2) is 18.4. The quantitative estimate of drug-likeness (QED) is 0.172. The zero-order chi connectivity index (χ0) is 32.1. The van der Waals surface area contributed by atoms with E-state index in [1.165, 1.54) is 13.2 Å². The number of nitrogens with zero attached hydrogens (tertiary/aromatic N) is 3. The summed E-state index contributed by atoms with van der Waals surface area (Å²) in [5, 5.41) is 12.2. The molecule has 2 amide bonds. The molecule has 11 nitrogen and oxygen atoms in total. The maximum atomic E-state index is 13.0. The van der Waals surface area contributed by atoms with Crippen LogP contribution in [0.2, 0.25) is 5.02 Å². The van der Waals surface area contributed by atoms with Crippen molar-refractivity contribution in [3.63, 3.8) is 0 Å². The summed E-state index contributed by atoms with van der Waals surface area (Å²) in [6, 6.07) is 3.26. The van der Waals surface area contributed by atoms with Gasteiger partial charge < -0.3 is 40.3 Å². The molecule has 0 aromatic heterocycles. The lowest BCUT2D eigenvalue weighted by Crippen LogP contribution is -2.54. The van der Waals surface area contributed by atoms with Crippen molar-refractivity contribution in [2.45, 2.75) is 88.8 Å². The molecule has 0 aliphatic carbocycles. The number of carbonyl (C=O) groups excluding carboxylic acids is 2. The Bertz CT molecular complexity index is 1080. The number of aliphatic carboxylic acids is 1. The van der Waals surface area contributed by atoms with Gasteiger partial charge >= 0.3 is 5.97 Å². The number of carbonyl (C=O) groups is 3. The first-order valence-electron chi connectivity index (χ1n) is 16.0. The highest BCUT2D eigenvalue weighted by atomic mass is 35.5. The molecule has 0 bridgehead atoms. The van der Waals surface area contributed by atoms with Gasteiger partial charge in [-0.3, -0.25) is 14.4 Å². The number of methoxy groups -OCH3 is 2. The molecule has 2 aliphatic rings. The Morgan fingerprint density at radius 3 is 2.25 bits per heavy atom. The van der Waals surface area contributed by atoms with Crippen molar-refractivity contribution >= 4 is 35.1 Å². The molecular formula is C32H52ClN5O6. The van der Waals surface area contributed by atoms with Gasteiger partial charge in [-0.05, 0) is 64.1 Å². The molecule has 248 valence electrons. The zero-order valence-corrected chi connectivity index (χ0v) is 27.4. The number of hydrogen-bond donors (Lipinski definition) is 3. The minimum Gasteiger partial charge on any atom is -0.496 e. The lowest BCUT2D eigenvalue weighted by Gasteiger charge is -2.38. The van der Waals surface area contributed by atoms with E-state index in [1.54, 1.807) is 13.2 Å². The summed E-state index contributed by atoms with van der Waals surface area (Å²) >= 11 is 6.15. The minimum absolute atomic E-state index is 0.131. The summed E-state index contributed by atoms with van der Waals surface area (Å²) in [4.78, 5) is 43.3. The van der Waals surface area contributed by atoms with Crippen LogP contribution in [0, 0.1) is 0 Å². The molecule has 12 heteroatoms. The monoisotopic (exact) mass is 637 g/mol. The van der Waals surface area contributed by atoms with E-state index < -0.39 is 5.97 Å². The number of carboxylic acid groups (broad SMARTS) is 1. The summed E-state index contributed by atoms with van der Waals surface area (Å²) in [6.45, 7) is 5.51. The zero-order valence-electron chi connectivity index (χ0n) is 26.7. The maximum Gasteiger partial charge on any atom is 0.303 e. The van der Waals surface area contributed by atoms with Crippen LogP contribution in [0.25, 0.3) is 0 Å². The van der Waals surface area contributed by atoms with Gasteiger partial charge in [-0.15, -0.1) is 0 Å². The van der Waals surface area contributed by atoms with Gasteiger partial charge in [-0.1, -0.05) is 24.4 Å². The third-order valence-corrected chi connectivity index (χ3v) is 9.38. The molecule has 2 aliphatic heterocycles. The van der Waals surface area contributed by atoms with Gasteiger partial charge in [0.15, 0.2) is 0 Å². The number of hydrogen-bond acceptors (Lipinski definition) is 8. The fourth-order valence-electron chi connectivity index (χ4n) is 6.24. The number of nitrogen functional groups attached to an aromatic ring is 1. The van der Waals surface area contributed by atoms with Crippen molar-refractivity contribution in [1.82, 2.24) is 20.0 Å². The normalized spacial score (nSPS) is 19.9. The number of nitrogens with one attached hydrogen (secondary N) is 1. The van der Waals surface area contributed by atoms with Crippen molar-refractivity contribution in [2.75, 3.05) is 66.3 Å². The maximum absolute atomic E-state index is 13.0. The SMILES string of the molecule is COc1cc(N)c(Cl)cc1C(=O)N[C@@H]1CCN(CCCCCC(=O)N(C)C2CCN(CCCCCC(=O)O)CC2)C[C@@H]1OC. The molecule has 44 heavy (non-hydrogen) atoms. The molecule has 2 atom stereocenters. The van der Waals surface area contributed by atoms with Gasteiger partial charge in [0, 0.05) is 65.3 Å². The summed E-state index contributed by atoms with van der Waals surface area (Å²) in [6.07, 6.45) is 9.06. The fraction of sp³-hybridized carbons (Fsp3) is 0.719. The van der Waals surface area contributed by atoms with Gasteiger partial charge in [-0.25, -0.2) is 0 Å². The molecule has 1 aromatic carbocycles. The summed E-state index contributed by atoms with van der Waals surface area (Å²) in [5.74, 6) is -0.381. The Morgan fingerprint density at radius 2 is 1.61 bits per heavy atom. The molecule has 2 fully saturated rings. The minimum atomic E-state index is -0.720. The van der Waals surface area contributed by atoms with Crippen molar-refractivity contribution in [3.05, 3.63) is 22.7 Å². The van der Waals surface area contributed by atoms with Gasteiger partial charge in [0.1, 0.15) is 5.75 Å². The summed E-state index contributed by atoms with van der Waals surface area (Å²) in [7, 11) is 5.11. The van der Waals surface area contributed by atoms with E-state index in [9.17, 15) is 14.4 Å². The fourth-order valence-corrected chi connectivity index (χ4v) is 6.40. The molecule has 2 heterocycles. The topological polar surface area (TPSA) is 138 Å². The standard InChI is InChI=1S/C32H52ClN5O6/c1-36(23-12-17-37(18-13-23)15-8-5-7-11-31(40)41)30(39)10-6-4-9-16-38-19-14-27(29(22-38)44-3)35-32(42)24-20-25(33)26(34)21-28(24)43-2/h20-21,23,27,29H,4-19,22,34H2,1-3H3,(H,35,42)(H,40,41)/t27-,29+/m1/s1. The van der Waals surface area contributed by atoms with E-state index in [2.05, 4.69) is 15.1 Å². The average molecular weight is 638 g/mol. The molecule has 1 aromatic rings. The van der Waals surface area contributed by atoms with E-state index in [4.69, 9.17) is 31.9 Å². The first-order chi connectivity index (χ1) is 21.1. The summed E-state index contributed by atoms with van der Waals surface area (Å²) in [5.41, 5.74) is 6.56. The lowest BCUT2D eigenvalue weighted by molar-refractivity contribution is -0.137. The second-order valence-electron chi connectivity index (χ2n) is 12.1. The molecule has 0 spiro atoms. The van der Waals surface area contributed by atoms with E-state index in [-0.39, 0.29) is 30.4 Å². The number of carboxylic acids is 1. The van der Waals surface area contributed by atoms with E-state index in [0.29, 0.717) is 34.5 Å². The van der Waals surface area contributed by atoms with Crippen LogP contribution in [0.1, 0.15) is 81.0 Å². The third-order valence-electron chi connectivity index (χ3n) is 9.05. The van der Waals surface area contributed by atoms with Crippen molar-refractivity contribution in [1.29, 1.82) is 0 Å². The molecular weight excluding hydrogens is 586 g/mol. The second-order valence-corrected chi connectivity index (χ2v) is 12.5. The van der Waals surface area contributed by atoms with Gasteiger partial charge in [-0.2, -0.15) is 0 Å². The highest BCUT2D eigenvalue weighted by Crippen LogP contribution is 2.29. The number of benzene rings is 1. The highest BCUT2D eigenvalue weighted by Gasteiger charge is 2.31. The number of unbranched alkanes of at least 4 members (excludes halogenated alkanes) is 4. The number of ether oxygens (including phenoxy) is 2. The van der Waals surface area contributed by atoms with Crippen LogP contribution in [0.15, 0.2) is 12.1 Å². The van der Waals surface area contributed by atoms with Crippen LogP contribution in [0.5, 0.6) is 5.75 Å². The smallest absolute Gasteiger partial charge is 0.303 e. The van der Waals surface area contributed by atoms with Crippen LogP contribution in [-0.4, -0.2) is 116 Å². The number of anilines is 1. The molecule has 2 saturated heterocycles. The van der Waals surface area contributed by atoms with E-state index in [1.807, 2.05) is 11.9 Å². The van der Waals surface area contributed by atoms with Gasteiger partial charge in [0.2, 0.25) is 5.91 Å².